The number of carbonyl (C=O) groups is 1. The van der Waals surface area contributed by atoms with Crippen LogP contribution in [-0.4, -0.2) is 27.0 Å². The summed E-state index contributed by atoms with van der Waals surface area (Å²) >= 11 is 1.07. The van der Waals surface area contributed by atoms with E-state index in [9.17, 15) is 14.9 Å². The zero-order valence-electron chi connectivity index (χ0n) is 12.7. The molecule has 0 unspecified atom stereocenters. The molecule has 2 heterocycles. The average molecular weight is 329 g/mol. The van der Waals surface area contributed by atoms with Crippen LogP contribution in [0, 0.1) is 11.3 Å². The molecule has 118 valence electrons. The number of imidazole rings is 1. The van der Waals surface area contributed by atoms with Gasteiger partial charge in [0, 0.05) is 31.6 Å². The second-order valence-electron chi connectivity index (χ2n) is 4.40. The van der Waals surface area contributed by atoms with Gasteiger partial charge in [-0.25, -0.2) is 4.98 Å². The number of H-pyrrole nitrogens is 1. The highest BCUT2D eigenvalue weighted by atomic mass is 32.1. The predicted octanol–water partition coefficient (Wildman–Crippen LogP) is -0.444. The Hall–Kier alpha value is -2.88. The number of aromatic nitrogens is 3. The Kier molecular flexibility index (Phi) is 5.31. The van der Waals surface area contributed by atoms with Gasteiger partial charge in [-0.05, 0) is 13.8 Å². The van der Waals surface area contributed by atoms with E-state index in [0.29, 0.717) is 28.1 Å². The second-order valence-corrected chi connectivity index (χ2v) is 5.39. The van der Waals surface area contributed by atoms with E-state index in [1.54, 1.807) is 32.3 Å². The summed E-state index contributed by atoms with van der Waals surface area (Å²) in [6, 6.07) is 1.89. The number of amides is 1. The van der Waals surface area contributed by atoms with Gasteiger partial charge in [0.2, 0.25) is 0 Å². The summed E-state index contributed by atoms with van der Waals surface area (Å²) in [6.45, 7) is 4.31. The SMILES string of the molecule is CCNC(=O)/C(C#N)=c1\sc(=C=Cc2ncc[nH]2)c(=O)n1CC. The number of rotatable bonds is 4. The summed E-state index contributed by atoms with van der Waals surface area (Å²) < 4.78 is 2.05. The molecule has 7 nitrogen and oxygen atoms in total. The molecular weight excluding hydrogens is 314 g/mol. The summed E-state index contributed by atoms with van der Waals surface area (Å²) in [6.07, 6.45) is 4.80. The van der Waals surface area contributed by atoms with E-state index < -0.39 is 5.91 Å². The fourth-order valence-electron chi connectivity index (χ4n) is 1.91. The molecule has 0 aliphatic heterocycles. The zero-order chi connectivity index (χ0) is 16.8. The van der Waals surface area contributed by atoms with Crippen LogP contribution in [0.3, 0.4) is 0 Å². The van der Waals surface area contributed by atoms with Gasteiger partial charge in [0.25, 0.3) is 11.5 Å². The number of nitrogens with zero attached hydrogens (tertiary/aromatic N) is 3. The minimum absolute atomic E-state index is 0.0677. The standard InChI is InChI=1S/C15H15N5O2S/c1-3-17-13(21)10(9-16)15-20(4-2)14(22)11(23-15)5-6-12-18-7-8-19-12/h6-8H,3-4H2,1-2H3,(H,17,21)(H,18,19)/b15-10-. The van der Waals surface area contributed by atoms with Gasteiger partial charge in [0.15, 0.2) is 5.57 Å². The van der Waals surface area contributed by atoms with E-state index in [0.717, 1.165) is 11.3 Å². The molecule has 0 aliphatic carbocycles. The number of thiazole rings is 1. The molecule has 23 heavy (non-hydrogen) atoms. The summed E-state index contributed by atoms with van der Waals surface area (Å²) in [4.78, 5) is 31.3. The second kappa shape index (κ2) is 7.40. The van der Waals surface area contributed by atoms with Crippen LogP contribution < -0.4 is 20.1 Å². The van der Waals surface area contributed by atoms with Crippen molar-refractivity contribution in [3.05, 3.63) is 37.8 Å². The van der Waals surface area contributed by atoms with Crippen LogP contribution in [-0.2, 0) is 11.3 Å². The summed E-state index contributed by atoms with van der Waals surface area (Å²) in [5.74, 6) is 0.0793. The van der Waals surface area contributed by atoms with Gasteiger partial charge in [-0.15, -0.1) is 11.3 Å². The van der Waals surface area contributed by atoms with Crippen molar-refractivity contribution in [3.8, 4) is 6.07 Å². The van der Waals surface area contributed by atoms with Crippen LogP contribution in [0.15, 0.2) is 17.2 Å². The lowest BCUT2D eigenvalue weighted by atomic mass is 10.3. The Morgan fingerprint density at radius 2 is 2.35 bits per heavy atom. The van der Waals surface area contributed by atoms with E-state index in [-0.39, 0.29) is 11.1 Å². The van der Waals surface area contributed by atoms with Crippen molar-refractivity contribution in [2.45, 2.75) is 20.4 Å². The molecule has 2 aromatic rings. The van der Waals surface area contributed by atoms with Crippen molar-refractivity contribution in [1.82, 2.24) is 19.9 Å². The van der Waals surface area contributed by atoms with Crippen molar-refractivity contribution in [1.29, 1.82) is 5.26 Å². The summed E-state index contributed by atoms with van der Waals surface area (Å²) in [5, 5.41) is 11.9. The topological polar surface area (TPSA) is 104 Å². The van der Waals surface area contributed by atoms with Gasteiger partial charge in [-0.2, -0.15) is 5.26 Å². The van der Waals surface area contributed by atoms with E-state index in [1.807, 2.05) is 6.07 Å². The molecule has 0 atom stereocenters. The lowest BCUT2D eigenvalue weighted by Crippen LogP contribution is -2.34. The zero-order valence-corrected chi connectivity index (χ0v) is 13.5. The maximum atomic E-state index is 12.4. The summed E-state index contributed by atoms with van der Waals surface area (Å²) in [5.41, 5.74) is 2.52. The first-order valence-corrected chi connectivity index (χ1v) is 7.82. The molecule has 2 aromatic heterocycles. The Morgan fingerprint density at radius 1 is 1.57 bits per heavy atom. The smallest absolute Gasteiger partial charge is 0.277 e. The highest BCUT2D eigenvalue weighted by Gasteiger charge is 2.14. The fourth-order valence-corrected chi connectivity index (χ4v) is 2.98. The van der Waals surface area contributed by atoms with Crippen molar-refractivity contribution in [3.63, 3.8) is 0 Å². The number of nitrogens with one attached hydrogen (secondary N) is 2. The Balaban J connectivity index is 2.75. The maximum absolute atomic E-state index is 12.4. The number of aromatic amines is 1. The first-order chi connectivity index (χ1) is 11.1. The minimum atomic E-state index is -0.486. The number of carbonyl (C=O) groups excluding carboxylic acids is 1. The molecule has 0 saturated carbocycles. The maximum Gasteiger partial charge on any atom is 0.277 e. The van der Waals surface area contributed by atoms with Crippen LogP contribution >= 0.6 is 11.3 Å². The fraction of sp³-hybridized carbons (Fsp3) is 0.267. The third-order valence-corrected chi connectivity index (χ3v) is 4.06. The molecule has 2 rings (SSSR count). The molecular formula is C15H15N5O2S. The highest BCUT2D eigenvalue weighted by Crippen LogP contribution is 1.93. The van der Waals surface area contributed by atoms with Crippen LogP contribution in [0.4, 0.5) is 0 Å². The van der Waals surface area contributed by atoms with E-state index in [1.165, 1.54) is 4.57 Å². The molecule has 0 fully saturated rings. The largest absolute Gasteiger partial charge is 0.352 e. The molecule has 0 saturated heterocycles. The van der Waals surface area contributed by atoms with Crippen LogP contribution in [0.25, 0.3) is 17.4 Å². The number of hydrogen-bond donors (Lipinski definition) is 2. The molecule has 0 bridgehead atoms. The van der Waals surface area contributed by atoms with Gasteiger partial charge in [0.05, 0.1) is 0 Å². The third kappa shape index (κ3) is 3.48. The van der Waals surface area contributed by atoms with Crippen LogP contribution in [0.1, 0.15) is 19.7 Å². The normalized spacial score (nSPS) is 11.3. The Labute approximate surface area is 135 Å². The van der Waals surface area contributed by atoms with Gasteiger partial charge < -0.3 is 10.3 Å². The predicted molar refractivity (Wildman–Crippen MR) is 87.7 cm³/mol. The number of hydrogen-bond acceptors (Lipinski definition) is 5. The highest BCUT2D eigenvalue weighted by molar-refractivity contribution is 7.07. The van der Waals surface area contributed by atoms with E-state index in [2.05, 4.69) is 21.0 Å². The molecule has 0 aromatic carbocycles. The van der Waals surface area contributed by atoms with Crippen molar-refractivity contribution in [2.24, 2.45) is 0 Å². The third-order valence-electron chi connectivity index (χ3n) is 2.95. The first-order valence-electron chi connectivity index (χ1n) is 7.00. The molecule has 0 spiro atoms. The van der Waals surface area contributed by atoms with Crippen LogP contribution in [0.2, 0.25) is 0 Å². The van der Waals surface area contributed by atoms with Gasteiger partial charge >= 0.3 is 0 Å². The van der Waals surface area contributed by atoms with Gasteiger partial charge in [0.1, 0.15) is 21.1 Å². The van der Waals surface area contributed by atoms with E-state index >= 15 is 0 Å². The van der Waals surface area contributed by atoms with Gasteiger partial charge in [-0.3, -0.25) is 14.2 Å². The lowest BCUT2D eigenvalue weighted by Gasteiger charge is -2.00. The minimum Gasteiger partial charge on any atom is -0.352 e. The molecule has 0 aliphatic rings. The van der Waals surface area contributed by atoms with Gasteiger partial charge in [-0.1, -0.05) is 5.73 Å². The average Bonchev–Trinajstić information content (AvgIpc) is 3.15. The Morgan fingerprint density at radius 3 is 2.91 bits per heavy atom. The van der Waals surface area contributed by atoms with Crippen LogP contribution in [0.5, 0.6) is 0 Å². The first kappa shape index (κ1) is 16.5. The molecule has 1 amide bonds. The molecule has 0 radical (unpaired) electrons. The molecule has 2 N–H and O–H groups in total. The monoisotopic (exact) mass is 329 g/mol. The van der Waals surface area contributed by atoms with E-state index in [4.69, 9.17) is 0 Å². The lowest BCUT2D eigenvalue weighted by molar-refractivity contribution is -0.115. The summed E-state index contributed by atoms with van der Waals surface area (Å²) in [7, 11) is 0. The molecule has 8 heteroatoms. The van der Waals surface area contributed by atoms with Crippen molar-refractivity contribution >= 4 is 34.6 Å². The van der Waals surface area contributed by atoms with Crippen molar-refractivity contribution < 1.29 is 4.79 Å². The van der Waals surface area contributed by atoms with Crippen molar-refractivity contribution in [2.75, 3.05) is 6.54 Å². The number of nitriles is 1. The quantitative estimate of drug-likeness (QED) is 0.793. The Bertz CT molecular complexity index is 953.